The monoisotopic (exact) mass is 524 g/mol. The molecule has 1 saturated carbocycles. The summed E-state index contributed by atoms with van der Waals surface area (Å²) in [6.45, 7) is 2.32. The molecule has 3 aromatic carbocycles. The Morgan fingerprint density at radius 3 is 2.41 bits per heavy atom. The third-order valence-electron chi connectivity index (χ3n) is 7.63. The smallest absolute Gasteiger partial charge is 0.314 e. The number of carbonyl (C=O) groups excluding carboxylic acids is 2. The molecule has 1 aliphatic heterocycles. The molecule has 0 spiro atoms. The van der Waals surface area contributed by atoms with Gasteiger partial charge in [0, 0.05) is 18.0 Å². The molecule has 3 aromatic rings. The SMILES string of the molecule is CCOc1cc(C2Nc3ccccc3NC3=CC(c4ccc(OC)cc4)CC(=O)C32)ccc1OC(=O)C1CC1. The van der Waals surface area contributed by atoms with Gasteiger partial charge in [0.1, 0.15) is 11.5 Å². The summed E-state index contributed by atoms with van der Waals surface area (Å²) in [5.41, 5.74) is 4.65. The average molecular weight is 525 g/mol. The van der Waals surface area contributed by atoms with Gasteiger partial charge >= 0.3 is 5.97 Å². The zero-order valence-electron chi connectivity index (χ0n) is 22.1. The second-order valence-electron chi connectivity index (χ2n) is 10.3. The maximum Gasteiger partial charge on any atom is 0.314 e. The van der Waals surface area contributed by atoms with Crippen molar-refractivity contribution in [2.24, 2.45) is 11.8 Å². The number of anilines is 2. The van der Waals surface area contributed by atoms with Gasteiger partial charge in [0.15, 0.2) is 11.5 Å². The molecule has 7 nitrogen and oxygen atoms in total. The summed E-state index contributed by atoms with van der Waals surface area (Å²) in [6, 6.07) is 21.1. The Balaban J connectivity index is 1.39. The first-order valence-corrected chi connectivity index (χ1v) is 13.5. The first kappa shape index (κ1) is 25.0. The van der Waals surface area contributed by atoms with Crippen LogP contribution < -0.4 is 24.8 Å². The zero-order valence-corrected chi connectivity index (χ0v) is 22.1. The summed E-state index contributed by atoms with van der Waals surface area (Å²) in [5.74, 6) is 1.14. The number of rotatable bonds is 7. The number of Topliss-reactive ketones (excluding diaryl/α,β-unsaturated/α-hetero) is 1. The van der Waals surface area contributed by atoms with Crippen LogP contribution in [0.5, 0.6) is 17.2 Å². The summed E-state index contributed by atoms with van der Waals surface area (Å²) >= 11 is 0. The molecule has 0 bridgehead atoms. The molecule has 1 heterocycles. The van der Waals surface area contributed by atoms with Crippen molar-refractivity contribution in [1.29, 1.82) is 0 Å². The number of para-hydroxylation sites is 2. The van der Waals surface area contributed by atoms with Crippen LogP contribution in [0.25, 0.3) is 0 Å². The van der Waals surface area contributed by atoms with E-state index >= 15 is 0 Å². The van der Waals surface area contributed by atoms with E-state index in [0.717, 1.165) is 46.8 Å². The van der Waals surface area contributed by atoms with Crippen LogP contribution >= 0.6 is 0 Å². The van der Waals surface area contributed by atoms with Crippen molar-refractivity contribution in [2.45, 2.75) is 38.1 Å². The molecule has 0 saturated heterocycles. The van der Waals surface area contributed by atoms with E-state index in [4.69, 9.17) is 14.2 Å². The molecule has 1 fully saturated rings. The fourth-order valence-electron chi connectivity index (χ4n) is 5.43. The summed E-state index contributed by atoms with van der Waals surface area (Å²) in [5, 5.41) is 7.19. The Kier molecular flexibility index (Phi) is 6.73. The summed E-state index contributed by atoms with van der Waals surface area (Å²) in [4.78, 5) is 26.2. The van der Waals surface area contributed by atoms with Crippen molar-refractivity contribution in [3.63, 3.8) is 0 Å². The first-order chi connectivity index (χ1) is 19.0. The third-order valence-corrected chi connectivity index (χ3v) is 7.63. The number of hydrogen-bond donors (Lipinski definition) is 2. The molecule has 3 atom stereocenters. The predicted molar refractivity (Wildman–Crippen MR) is 149 cm³/mol. The average Bonchev–Trinajstić information content (AvgIpc) is 3.81. The summed E-state index contributed by atoms with van der Waals surface area (Å²) in [6.07, 6.45) is 4.32. The minimum atomic E-state index is -0.429. The van der Waals surface area contributed by atoms with Gasteiger partial charge in [-0.1, -0.05) is 36.4 Å². The first-order valence-electron chi connectivity index (χ1n) is 13.5. The van der Waals surface area contributed by atoms with Crippen LogP contribution in [0.2, 0.25) is 0 Å². The van der Waals surface area contributed by atoms with Crippen LogP contribution in [0.1, 0.15) is 49.3 Å². The van der Waals surface area contributed by atoms with Crippen LogP contribution in [0.4, 0.5) is 11.4 Å². The Labute approximate surface area is 228 Å². The van der Waals surface area contributed by atoms with E-state index in [9.17, 15) is 9.59 Å². The number of ether oxygens (including phenoxy) is 3. The predicted octanol–water partition coefficient (Wildman–Crippen LogP) is 6.24. The molecular weight excluding hydrogens is 492 g/mol. The second kappa shape index (κ2) is 10.5. The van der Waals surface area contributed by atoms with Crippen molar-refractivity contribution in [2.75, 3.05) is 24.4 Å². The lowest BCUT2D eigenvalue weighted by molar-refractivity contribution is -0.135. The zero-order chi connectivity index (χ0) is 26.9. The van der Waals surface area contributed by atoms with E-state index in [-0.39, 0.29) is 29.6 Å². The van der Waals surface area contributed by atoms with Crippen molar-refractivity contribution in [3.8, 4) is 17.2 Å². The molecule has 7 heteroatoms. The quantitative estimate of drug-likeness (QED) is 0.279. The largest absolute Gasteiger partial charge is 0.497 e. The second-order valence-corrected chi connectivity index (χ2v) is 10.3. The van der Waals surface area contributed by atoms with E-state index in [0.29, 0.717) is 24.5 Å². The Bertz CT molecular complexity index is 1430. The van der Waals surface area contributed by atoms with Crippen LogP contribution in [0.15, 0.2) is 78.5 Å². The number of fused-ring (bicyclic) bond motifs is 2. The molecule has 0 radical (unpaired) electrons. The Morgan fingerprint density at radius 1 is 0.949 bits per heavy atom. The van der Waals surface area contributed by atoms with Crippen LogP contribution in [-0.4, -0.2) is 25.5 Å². The number of esters is 1. The van der Waals surface area contributed by atoms with E-state index in [1.807, 2.05) is 67.6 Å². The third kappa shape index (κ3) is 5.09. The molecule has 0 amide bonds. The lowest BCUT2D eigenvalue weighted by Gasteiger charge is -2.32. The highest BCUT2D eigenvalue weighted by atomic mass is 16.6. The van der Waals surface area contributed by atoms with Crippen LogP contribution in [0, 0.1) is 11.8 Å². The maximum absolute atomic E-state index is 13.9. The summed E-state index contributed by atoms with van der Waals surface area (Å²) in [7, 11) is 1.65. The van der Waals surface area contributed by atoms with Crippen molar-refractivity contribution >= 4 is 23.1 Å². The van der Waals surface area contributed by atoms with E-state index in [1.165, 1.54) is 0 Å². The van der Waals surface area contributed by atoms with Gasteiger partial charge in [-0.25, -0.2) is 0 Å². The highest BCUT2D eigenvalue weighted by Crippen LogP contribution is 2.46. The fraction of sp³-hybridized carbons (Fsp3) is 0.312. The highest BCUT2D eigenvalue weighted by molar-refractivity contribution is 5.90. The molecule has 2 N–H and O–H groups in total. The molecular formula is C32H32N2O5. The minimum absolute atomic E-state index is 0.0172. The number of allylic oxidation sites excluding steroid dienone is 1. The van der Waals surface area contributed by atoms with Gasteiger partial charge in [0.25, 0.3) is 0 Å². The molecule has 3 aliphatic rings. The van der Waals surface area contributed by atoms with E-state index < -0.39 is 5.92 Å². The number of ketones is 1. The van der Waals surface area contributed by atoms with Gasteiger partial charge in [-0.2, -0.15) is 0 Å². The Hall–Kier alpha value is -4.26. The molecule has 3 unspecified atom stereocenters. The number of nitrogens with one attached hydrogen (secondary N) is 2. The van der Waals surface area contributed by atoms with Crippen molar-refractivity contribution in [1.82, 2.24) is 0 Å². The minimum Gasteiger partial charge on any atom is -0.497 e. The van der Waals surface area contributed by atoms with Crippen molar-refractivity contribution < 1.29 is 23.8 Å². The number of carbonyl (C=O) groups is 2. The van der Waals surface area contributed by atoms with Crippen molar-refractivity contribution in [3.05, 3.63) is 89.6 Å². The Morgan fingerprint density at radius 2 is 1.69 bits per heavy atom. The van der Waals surface area contributed by atoms with Gasteiger partial charge in [-0.05, 0) is 67.3 Å². The molecule has 39 heavy (non-hydrogen) atoms. The topological polar surface area (TPSA) is 85.9 Å². The highest BCUT2D eigenvalue weighted by Gasteiger charge is 2.40. The van der Waals surface area contributed by atoms with Crippen LogP contribution in [0.3, 0.4) is 0 Å². The van der Waals surface area contributed by atoms with Crippen LogP contribution in [-0.2, 0) is 9.59 Å². The number of benzene rings is 3. The maximum atomic E-state index is 13.9. The van der Waals surface area contributed by atoms with E-state index in [2.05, 4.69) is 16.7 Å². The van der Waals surface area contributed by atoms with Gasteiger partial charge in [-0.15, -0.1) is 0 Å². The lowest BCUT2D eigenvalue weighted by Crippen LogP contribution is -2.33. The molecule has 0 aromatic heterocycles. The summed E-state index contributed by atoms with van der Waals surface area (Å²) < 4.78 is 16.9. The lowest BCUT2D eigenvalue weighted by atomic mass is 9.76. The normalized spacial score (nSPS) is 21.7. The van der Waals surface area contributed by atoms with Gasteiger partial charge in [-0.3, -0.25) is 9.59 Å². The van der Waals surface area contributed by atoms with Gasteiger partial charge in [0.2, 0.25) is 0 Å². The standard InChI is InChI=1S/C32H32N2O5/c1-3-38-29-18-21(12-15-28(29)39-32(36)20-8-9-20)31-30-26(33-24-6-4-5-7-25(24)34-31)16-22(17-27(30)35)19-10-13-23(37-2)14-11-19/h4-7,10-16,18,20,22,30-31,33-34H,3,8-9,17H2,1-2H3. The molecule has 200 valence electrons. The fourth-order valence-corrected chi connectivity index (χ4v) is 5.43. The van der Waals surface area contributed by atoms with E-state index in [1.54, 1.807) is 13.2 Å². The number of methoxy groups -OCH3 is 1. The molecule has 6 rings (SSSR count). The van der Waals surface area contributed by atoms with Gasteiger partial charge in [0.05, 0.1) is 43.0 Å². The van der Waals surface area contributed by atoms with Gasteiger partial charge < -0.3 is 24.8 Å². The molecule has 2 aliphatic carbocycles. The number of hydrogen-bond acceptors (Lipinski definition) is 7.